The molecule has 0 amide bonds. The molecule has 1 N–H and O–H groups in total. The first-order valence-corrected chi connectivity index (χ1v) is 6.89. The second-order valence-electron chi connectivity index (χ2n) is 4.89. The molecule has 0 fully saturated rings. The zero-order valence-electron chi connectivity index (χ0n) is 10.8. The Labute approximate surface area is 121 Å². The van der Waals surface area contributed by atoms with Gasteiger partial charge < -0.3 is 9.84 Å². The lowest BCUT2D eigenvalue weighted by Gasteiger charge is -2.14. The molecule has 1 unspecified atom stereocenters. The van der Waals surface area contributed by atoms with Crippen LogP contribution >= 0.6 is 11.6 Å². The third kappa shape index (κ3) is 2.51. The molecule has 0 aromatic heterocycles. The molecule has 2 aromatic carbocycles. The number of hydrogen-bond donors (Lipinski definition) is 1. The highest BCUT2D eigenvalue weighted by Crippen LogP contribution is 2.30. The number of rotatable bonds is 3. The Morgan fingerprint density at radius 2 is 2.15 bits per heavy atom. The molecule has 0 saturated heterocycles. The van der Waals surface area contributed by atoms with E-state index >= 15 is 0 Å². The molecule has 0 aliphatic carbocycles. The van der Waals surface area contributed by atoms with Crippen LogP contribution in [0.2, 0.25) is 5.02 Å². The van der Waals surface area contributed by atoms with Crippen molar-refractivity contribution in [3.8, 4) is 5.75 Å². The maximum absolute atomic E-state index is 13.7. The molecular formula is C16H14ClFO2. The second-order valence-corrected chi connectivity index (χ2v) is 5.29. The minimum Gasteiger partial charge on any atom is -0.493 e. The molecule has 1 heterocycles. The summed E-state index contributed by atoms with van der Waals surface area (Å²) in [6, 6.07) is 10.1. The Kier molecular flexibility index (Phi) is 3.64. The Hall–Kier alpha value is -1.58. The molecule has 1 aliphatic heterocycles. The number of benzene rings is 2. The summed E-state index contributed by atoms with van der Waals surface area (Å²) in [5.74, 6) is 0.478. The molecule has 20 heavy (non-hydrogen) atoms. The molecule has 2 nitrogen and oxygen atoms in total. The highest BCUT2D eigenvalue weighted by Gasteiger charge is 2.18. The molecular weight excluding hydrogens is 279 g/mol. The molecule has 0 bridgehead atoms. The van der Waals surface area contributed by atoms with Crippen LogP contribution in [0.3, 0.4) is 0 Å². The van der Waals surface area contributed by atoms with Gasteiger partial charge in [-0.2, -0.15) is 0 Å². The highest BCUT2D eigenvalue weighted by atomic mass is 35.5. The number of hydrogen-bond acceptors (Lipinski definition) is 2. The van der Waals surface area contributed by atoms with Gasteiger partial charge in [-0.05, 0) is 35.4 Å². The normalized spacial score (nSPS) is 14.8. The third-order valence-corrected chi connectivity index (χ3v) is 3.91. The first-order chi connectivity index (χ1) is 9.65. The molecule has 2 aromatic rings. The third-order valence-electron chi connectivity index (χ3n) is 3.56. The van der Waals surface area contributed by atoms with Crippen molar-refractivity contribution in [2.45, 2.75) is 18.9 Å². The van der Waals surface area contributed by atoms with E-state index in [0.717, 1.165) is 23.3 Å². The van der Waals surface area contributed by atoms with E-state index in [2.05, 4.69) is 0 Å². The van der Waals surface area contributed by atoms with Crippen molar-refractivity contribution in [1.82, 2.24) is 0 Å². The van der Waals surface area contributed by atoms with Crippen molar-refractivity contribution in [2.24, 2.45) is 0 Å². The Bertz CT molecular complexity index is 622. The molecule has 104 valence electrons. The van der Waals surface area contributed by atoms with Gasteiger partial charge in [0.05, 0.1) is 12.7 Å². The largest absolute Gasteiger partial charge is 0.493 e. The van der Waals surface area contributed by atoms with Gasteiger partial charge in [-0.1, -0.05) is 23.7 Å². The predicted octanol–water partition coefficient (Wildman–Crippen LogP) is 3.69. The van der Waals surface area contributed by atoms with Gasteiger partial charge in [-0.3, -0.25) is 0 Å². The van der Waals surface area contributed by atoms with E-state index in [1.54, 1.807) is 12.1 Å². The van der Waals surface area contributed by atoms with Gasteiger partial charge in [0.25, 0.3) is 0 Å². The minimum absolute atomic E-state index is 0.158. The fourth-order valence-corrected chi connectivity index (χ4v) is 2.69. The average Bonchev–Trinajstić information content (AvgIpc) is 2.90. The Morgan fingerprint density at radius 1 is 1.30 bits per heavy atom. The van der Waals surface area contributed by atoms with Crippen LogP contribution in [0.4, 0.5) is 4.39 Å². The van der Waals surface area contributed by atoms with Crippen molar-refractivity contribution >= 4 is 11.6 Å². The monoisotopic (exact) mass is 292 g/mol. The van der Waals surface area contributed by atoms with E-state index in [4.69, 9.17) is 16.3 Å². The van der Waals surface area contributed by atoms with Crippen LogP contribution in [0.1, 0.15) is 22.8 Å². The van der Waals surface area contributed by atoms with Gasteiger partial charge in [0.1, 0.15) is 11.6 Å². The van der Waals surface area contributed by atoms with Crippen molar-refractivity contribution in [2.75, 3.05) is 6.61 Å². The first-order valence-electron chi connectivity index (χ1n) is 6.52. The lowest BCUT2D eigenvalue weighted by molar-refractivity contribution is 0.177. The molecule has 1 atom stereocenters. The zero-order chi connectivity index (χ0) is 14.1. The first kappa shape index (κ1) is 13.4. The lowest BCUT2D eigenvalue weighted by atomic mass is 9.98. The molecule has 0 spiro atoms. The quantitative estimate of drug-likeness (QED) is 0.935. The van der Waals surface area contributed by atoms with E-state index in [0.29, 0.717) is 17.2 Å². The summed E-state index contributed by atoms with van der Waals surface area (Å²) in [6.45, 7) is 0.675. The Balaban J connectivity index is 1.84. The predicted molar refractivity (Wildman–Crippen MR) is 75.7 cm³/mol. The fourth-order valence-electron chi connectivity index (χ4n) is 2.45. The van der Waals surface area contributed by atoms with Gasteiger partial charge in [-0.25, -0.2) is 4.39 Å². The van der Waals surface area contributed by atoms with E-state index in [1.165, 1.54) is 6.07 Å². The number of aliphatic hydroxyl groups is 1. The maximum atomic E-state index is 13.7. The van der Waals surface area contributed by atoms with E-state index in [-0.39, 0.29) is 12.2 Å². The minimum atomic E-state index is -0.782. The van der Waals surface area contributed by atoms with Crippen molar-refractivity contribution in [3.63, 3.8) is 0 Å². The number of fused-ring (bicyclic) bond motifs is 1. The van der Waals surface area contributed by atoms with Crippen LogP contribution in [-0.2, 0) is 12.8 Å². The smallest absolute Gasteiger partial charge is 0.127 e. The van der Waals surface area contributed by atoms with Crippen LogP contribution in [0.15, 0.2) is 36.4 Å². The molecule has 0 radical (unpaired) electrons. The number of aliphatic hydroxyl groups excluding tert-OH is 1. The van der Waals surface area contributed by atoms with Crippen molar-refractivity contribution in [3.05, 3.63) is 63.9 Å². The van der Waals surface area contributed by atoms with Crippen molar-refractivity contribution < 1.29 is 14.2 Å². The molecule has 4 heteroatoms. The molecule has 0 saturated carbocycles. The topological polar surface area (TPSA) is 29.5 Å². The summed E-state index contributed by atoms with van der Waals surface area (Å²) in [7, 11) is 0. The van der Waals surface area contributed by atoms with Gasteiger partial charge in [0.15, 0.2) is 0 Å². The number of ether oxygens (including phenoxy) is 1. The summed E-state index contributed by atoms with van der Waals surface area (Å²) in [5.41, 5.74) is 2.19. The van der Waals surface area contributed by atoms with Gasteiger partial charge in [0.2, 0.25) is 0 Å². The van der Waals surface area contributed by atoms with Gasteiger partial charge in [0, 0.05) is 23.4 Å². The van der Waals surface area contributed by atoms with Crippen LogP contribution in [0.25, 0.3) is 0 Å². The van der Waals surface area contributed by atoms with Crippen LogP contribution in [0.5, 0.6) is 5.75 Å². The van der Waals surface area contributed by atoms with Crippen LogP contribution in [-0.4, -0.2) is 11.7 Å². The van der Waals surface area contributed by atoms with Gasteiger partial charge >= 0.3 is 0 Å². The summed E-state index contributed by atoms with van der Waals surface area (Å²) in [5, 5.41) is 10.6. The fraction of sp³-hybridized carbons (Fsp3) is 0.250. The SMILES string of the molecule is OC(Cc1c(F)cccc1Cl)c1ccc2c(c1)CCO2. The second kappa shape index (κ2) is 5.43. The highest BCUT2D eigenvalue weighted by molar-refractivity contribution is 6.31. The summed E-state index contributed by atoms with van der Waals surface area (Å²) < 4.78 is 19.2. The lowest BCUT2D eigenvalue weighted by Crippen LogP contribution is -2.04. The average molecular weight is 293 g/mol. The molecule has 3 rings (SSSR count). The standard InChI is InChI=1S/C16H14ClFO2/c17-13-2-1-3-14(18)12(13)9-15(19)10-4-5-16-11(8-10)6-7-20-16/h1-5,8,15,19H,6-7,9H2. The Morgan fingerprint density at radius 3 is 2.95 bits per heavy atom. The van der Waals surface area contributed by atoms with Crippen LogP contribution in [0, 0.1) is 5.82 Å². The van der Waals surface area contributed by atoms with E-state index in [9.17, 15) is 9.50 Å². The van der Waals surface area contributed by atoms with Crippen LogP contribution < -0.4 is 4.74 Å². The summed E-state index contributed by atoms with van der Waals surface area (Å²) in [6.07, 6.45) is 0.219. The van der Waals surface area contributed by atoms with Crippen molar-refractivity contribution in [1.29, 1.82) is 0 Å². The molecule has 1 aliphatic rings. The van der Waals surface area contributed by atoms with E-state index in [1.807, 2.05) is 18.2 Å². The summed E-state index contributed by atoms with van der Waals surface area (Å²) in [4.78, 5) is 0. The summed E-state index contributed by atoms with van der Waals surface area (Å²) >= 11 is 5.98. The number of halogens is 2. The zero-order valence-corrected chi connectivity index (χ0v) is 11.5. The van der Waals surface area contributed by atoms with Gasteiger partial charge in [-0.15, -0.1) is 0 Å². The van der Waals surface area contributed by atoms with E-state index < -0.39 is 6.10 Å². The maximum Gasteiger partial charge on any atom is 0.127 e.